The molecule has 0 unspecified atom stereocenters. The summed E-state index contributed by atoms with van der Waals surface area (Å²) in [6, 6.07) is 7.05. The Hall–Kier alpha value is -1.68. The quantitative estimate of drug-likeness (QED) is 0.801. The van der Waals surface area contributed by atoms with Crippen LogP contribution in [0.1, 0.15) is 24.8 Å². The minimum Gasteiger partial charge on any atom is -0.331 e. The number of carbonyl (C=O) groups excluding carboxylic acids is 2. The van der Waals surface area contributed by atoms with E-state index in [9.17, 15) is 9.59 Å². The summed E-state index contributed by atoms with van der Waals surface area (Å²) < 4.78 is 0. The smallest absolute Gasteiger partial charge is 0.267 e. The van der Waals surface area contributed by atoms with Crippen LogP contribution in [-0.4, -0.2) is 36.0 Å². The predicted molar refractivity (Wildman–Crippen MR) is 79.1 cm³/mol. The Morgan fingerprint density at radius 1 is 1.45 bits per heavy atom. The Balaban J connectivity index is 1.94. The first-order valence-electron chi connectivity index (χ1n) is 6.66. The minimum absolute atomic E-state index is 0.00974. The maximum Gasteiger partial charge on any atom is 0.267 e. The van der Waals surface area contributed by atoms with Crippen molar-refractivity contribution in [1.29, 1.82) is 0 Å². The van der Waals surface area contributed by atoms with E-state index in [0.29, 0.717) is 30.8 Å². The molecule has 1 atom stereocenters. The first-order valence-corrected chi connectivity index (χ1v) is 7.04. The highest BCUT2D eigenvalue weighted by Gasteiger charge is 2.33. The third-order valence-corrected chi connectivity index (χ3v) is 3.77. The molecule has 1 fully saturated rings. The molecular formula is C15H17ClN2O2. The molecule has 106 valence electrons. The van der Waals surface area contributed by atoms with Crippen molar-refractivity contribution in [3.05, 3.63) is 34.9 Å². The standard InChI is InChI=1S/C15H17ClN2O2/c1-17-15(20)13-6-3-9-18(13)14(19)8-7-11-4-2-5-12(16)10-11/h2,4-5,10,13H,1,3,6-9H2/t13-/m0/s1. The third kappa shape index (κ3) is 3.45. The first-order chi connectivity index (χ1) is 9.61. The number of aliphatic imine (C=N–C) groups is 1. The predicted octanol–water partition coefficient (Wildman–Crippen LogP) is 2.49. The lowest BCUT2D eigenvalue weighted by molar-refractivity contribution is -0.137. The van der Waals surface area contributed by atoms with Crippen molar-refractivity contribution in [2.75, 3.05) is 6.54 Å². The molecule has 1 aliphatic heterocycles. The van der Waals surface area contributed by atoms with Gasteiger partial charge in [-0.25, -0.2) is 4.99 Å². The molecule has 1 aromatic carbocycles. The second-order valence-electron chi connectivity index (χ2n) is 4.87. The zero-order chi connectivity index (χ0) is 14.5. The summed E-state index contributed by atoms with van der Waals surface area (Å²) in [6.07, 6.45) is 2.52. The number of hydrogen-bond donors (Lipinski definition) is 0. The van der Waals surface area contributed by atoms with Gasteiger partial charge < -0.3 is 4.90 Å². The van der Waals surface area contributed by atoms with Gasteiger partial charge in [-0.15, -0.1) is 0 Å². The molecule has 2 amide bonds. The second kappa shape index (κ2) is 6.66. The lowest BCUT2D eigenvalue weighted by Crippen LogP contribution is -2.39. The van der Waals surface area contributed by atoms with E-state index in [1.807, 2.05) is 18.2 Å². The Morgan fingerprint density at radius 3 is 2.95 bits per heavy atom. The Kier molecular flexibility index (Phi) is 4.90. The number of aryl methyl sites for hydroxylation is 1. The fourth-order valence-electron chi connectivity index (χ4n) is 2.51. The molecule has 20 heavy (non-hydrogen) atoms. The summed E-state index contributed by atoms with van der Waals surface area (Å²) in [7, 11) is 0. The summed E-state index contributed by atoms with van der Waals surface area (Å²) >= 11 is 5.91. The fourth-order valence-corrected chi connectivity index (χ4v) is 2.73. The van der Waals surface area contributed by atoms with Crippen molar-refractivity contribution in [2.24, 2.45) is 4.99 Å². The molecule has 4 nitrogen and oxygen atoms in total. The van der Waals surface area contributed by atoms with Crippen LogP contribution < -0.4 is 0 Å². The number of benzene rings is 1. The van der Waals surface area contributed by atoms with E-state index in [2.05, 4.69) is 11.7 Å². The lowest BCUT2D eigenvalue weighted by Gasteiger charge is -2.22. The van der Waals surface area contributed by atoms with E-state index in [-0.39, 0.29) is 11.8 Å². The van der Waals surface area contributed by atoms with Crippen molar-refractivity contribution < 1.29 is 9.59 Å². The molecule has 1 aliphatic rings. The van der Waals surface area contributed by atoms with Gasteiger partial charge in [0.15, 0.2) is 0 Å². The van der Waals surface area contributed by atoms with Crippen LogP contribution in [0.4, 0.5) is 0 Å². The normalized spacial score (nSPS) is 18.1. The Morgan fingerprint density at radius 2 is 2.25 bits per heavy atom. The lowest BCUT2D eigenvalue weighted by atomic mass is 10.1. The summed E-state index contributed by atoms with van der Waals surface area (Å²) in [4.78, 5) is 28.9. The molecule has 0 radical (unpaired) electrons. The van der Waals surface area contributed by atoms with Crippen LogP contribution >= 0.6 is 11.6 Å². The molecule has 0 saturated carbocycles. The van der Waals surface area contributed by atoms with Crippen molar-refractivity contribution in [1.82, 2.24) is 4.90 Å². The average molecular weight is 293 g/mol. The summed E-state index contributed by atoms with van der Waals surface area (Å²) in [5.41, 5.74) is 1.02. The molecule has 0 spiro atoms. The SMILES string of the molecule is C=NC(=O)[C@@H]1CCCN1C(=O)CCc1cccc(Cl)c1. The van der Waals surface area contributed by atoms with E-state index in [0.717, 1.165) is 12.0 Å². The van der Waals surface area contributed by atoms with Crippen LogP contribution in [0.25, 0.3) is 0 Å². The molecule has 1 aromatic rings. The van der Waals surface area contributed by atoms with Crippen molar-refractivity contribution >= 4 is 30.1 Å². The largest absolute Gasteiger partial charge is 0.331 e. The topological polar surface area (TPSA) is 49.7 Å². The highest BCUT2D eigenvalue weighted by atomic mass is 35.5. The first kappa shape index (κ1) is 14.7. The number of amides is 2. The third-order valence-electron chi connectivity index (χ3n) is 3.53. The average Bonchev–Trinajstić information content (AvgIpc) is 2.93. The maximum atomic E-state index is 12.2. The molecule has 1 saturated heterocycles. The van der Waals surface area contributed by atoms with Gasteiger partial charge in [-0.05, 0) is 43.7 Å². The molecule has 1 heterocycles. The molecule has 0 bridgehead atoms. The number of halogens is 1. The summed E-state index contributed by atoms with van der Waals surface area (Å²) in [5.74, 6) is -0.317. The van der Waals surface area contributed by atoms with Crippen LogP contribution in [-0.2, 0) is 16.0 Å². The maximum absolute atomic E-state index is 12.2. The number of hydrogen-bond acceptors (Lipinski definition) is 2. The zero-order valence-corrected chi connectivity index (χ0v) is 12.0. The number of nitrogens with zero attached hydrogens (tertiary/aromatic N) is 2. The van der Waals surface area contributed by atoms with E-state index in [1.54, 1.807) is 11.0 Å². The van der Waals surface area contributed by atoms with Gasteiger partial charge in [0.1, 0.15) is 6.04 Å². The van der Waals surface area contributed by atoms with Crippen LogP contribution in [0, 0.1) is 0 Å². The molecule has 0 N–H and O–H groups in total. The van der Waals surface area contributed by atoms with Crippen LogP contribution in [0.3, 0.4) is 0 Å². The minimum atomic E-state index is -0.417. The Bertz CT molecular complexity index is 530. The monoisotopic (exact) mass is 292 g/mol. The van der Waals surface area contributed by atoms with Gasteiger partial charge in [-0.1, -0.05) is 23.7 Å². The number of rotatable bonds is 4. The van der Waals surface area contributed by atoms with E-state index in [4.69, 9.17) is 11.6 Å². The highest BCUT2D eigenvalue weighted by Crippen LogP contribution is 2.20. The highest BCUT2D eigenvalue weighted by molar-refractivity contribution is 6.30. The van der Waals surface area contributed by atoms with Crippen molar-refractivity contribution in [3.8, 4) is 0 Å². The molecule has 0 aromatic heterocycles. The van der Waals surface area contributed by atoms with Gasteiger partial charge in [0.05, 0.1) is 0 Å². The number of likely N-dealkylation sites (tertiary alicyclic amines) is 1. The van der Waals surface area contributed by atoms with Gasteiger partial charge in [-0.2, -0.15) is 0 Å². The Labute approximate surface area is 123 Å². The van der Waals surface area contributed by atoms with E-state index in [1.165, 1.54) is 0 Å². The number of carbonyl (C=O) groups is 2. The van der Waals surface area contributed by atoms with E-state index >= 15 is 0 Å². The summed E-state index contributed by atoms with van der Waals surface area (Å²) in [6.45, 7) is 3.88. The second-order valence-corrected chi connectivity index (χ2v) is 5.31. The molecule has 2 rings (SSSR count). The van der Waals surface area contributed by atoms with Gasteiger partial charge >= 0.3 is 0 Å². The molecule has 0 aliphatic carbocycles. The van der Waals surface area contributed by atoms with Gasteiger partial charge in [0, 0.05) is 18.0 Å². The molecular weight excluding hydrogens is 276 g/mol. The molecule has 5 heteroatoms. The van der Waals surface area contributed by atoms with E-state index < -0.39 is 6.04 Å². The summed E-state index contributed by atoms with van der Waals surface area (Å²) in [5, 5.41) is 0.667. The van der Waals surface area contributed by atoms with Crippen LogP contribution in [0.2, 0.25) is 5.02 Å². The van der Waals surface area contributed by atoms with Crippen molar-refractivity contribution in [3.63, 3.8) is 0 Å². The van der Waals surface area contributed by atoms with Gasteiger partial charge in [-0.3, -0.25) is 9.59 Å². The van der Waals surface area contributed by atoms with Gasteiger partial charge in [0.25, 0.3) is 5.91 Å². The van der Waals surface area contributed by atoms with Crippen LogP contribution in [0.5, 0.6) is 0 Å². The van der Waals surface area contributed by atoms with Crippen LogP contribution in [0.15, 0.2) is 29.3 Å². The van der Waals surface area contributed by atoms with Crippen molar-refractivity contribution in [2.45, 2.75) is 31.7 Å². The van der Waals surface area contributed by atoms with Gasteiger partial charge in [0.2, 0.25) is 5.91 Å². The zero-order valence-electron chi connectivity index (χ0n) is 11.2. The fraction of sp³-hybridized carbons (Fsp3) is 0.400.